The van der Waals surface area contributed by atoms with Crippen molar-refractivity contribution in [2.24, 2.45) is 5.92 Å². The van der Waals surface area contributed by atoms with Crippen molar-refractivity contribution in [3.63, 3.8) is 0 Å². The standard InChI is InChI=1S/C32H30FNO9/c1-2-17-3-11-21(12-4-17)34-25(23(30(34)39)15-16-24(35)18-5-9-20(33)10-6-18)19-7-13-22(14-8-19)42-32-28(38)26(36)27(37)29(43-32)31(40)41/h1,3-14,23-29,32,35-38H,15-16H2,(H,40,41)/t23-,24+,25-,26+,27+,28-,29+,32-/m1/s1. The smallest absolute Gasteiger partial charge is 0.335 e. The zero-order chi connectivity index (χ0) is 30.8. The highest BCUT2D eigenvalue weighted by Crippen LogP contribution is 2.46. The molecule has 2 saturated heterocycles. The first-order valence-corrected chi connectivity index (χ1v) is 13.6. The maximum absolute atomic E-state index is 13.4. The van der Waals surface area contributed by atoms with Gasteiger partial charge in [0.15, 0.2) is 6.10 Å². The van der Waals surface area contributed by atoms with Gasteiger partial charge in [-0.15, -0.1) is 6.42 Å². The van der Waals surface area contributed by atoms with E-state index in [1.165, 1.54) is 24.3 Å². The minimum absolute atomic E-state index is 0.143. The number of carboxylic acid groups (broad SMARTS) is 1. The van der Waals surface area contributed by atoms with Gasteiger partial charge in [-0.3, -0.25) is 4.79 Å². The zero-order valence-electron chi connectivity index (χ0n) is 22.7. The lowest BCUT2D eigenvalue weighted by Crippen LogP contribution is -2.61. The van der Waals surface area contributed by atoms with Crippen molar-refractivity contribution in [1.82, 2.24) is 0 Å². The molecule has 3 aromatic carbocycles. The van der Waals surface area contributed by atoms with Gasteiger partial charge in [-0.05, 0) is 72.5 Å². The Bertz CT molecular complexity index is 1490. The van der Waals surface area contributed by atoms with Crippen LogP contribution in [0, 0.1) is 24.1 Å². The molecule has 2 aliphatic heterocycles. The number of aliphatic hydroxyl groups is 4. The highest BCUT2D eigenvalue weighted by atomic mass is 19.1. The molecule has 5 N–H and O–H groups in total. The quantitative estimate of drug-likeness (QED) is 0.186. The maximum Gasteiger partial charge on any atom is 0.335 e. The number of β-lactam (4-membered cyclic amide) rings is 1. The Morgan fingerprint density at radius 2 is 1.63 bits per heavy atom. The minimum Gasteiger partial charge on any atom is -0.479 e. The number of nitrogens with zero attached hydrogens (tertiary/aromatic N) is 1. The van der Waals surface area contributed by atoms with E-state index in [1.807, 2.05) is 0 Å². The van der Waals surface area contributed by atoms with E-state index in [1.54, 1.807) is 53.4 Å². The number of hydrogen-bond acceptors (Lipinski definition) is 8. The summed E-state index contributed by atoms with van der Waals surface area (Å²) in [7, 11) is 0. The van der Waals surface area contributed by atoms with Gasteiger partial charge in [-0.1, -0.05) is 30.2 Å². The fraction of sp³-hybridized carbons (Fsp3) is 0.312. The Morgan fingerprint density at radius 3 is 2.23 bits per heavy atom. The number of anilines is 1. The molecule has 0 radical (unpaired) electrons. The zero-order valence-corrected chi connectivity index (χ0v) is 22.7. The van der Waals surface area contributed by atoms with E-state index < -0.39 is 60.6 Å². The molecule has 2 fully saturated rings. The Labute approximate surface area is 246 Å². The lowest BCUT2D eigenvalue weighted by atomic mass is 9.78. The van der Waals surface area contributed by atoms with Crippen LogP contribution in [0.2, 0.25) is 0 Å². The second kappa shape index (κ2) is 12.5. The Morgan fingerprint density at radius 1 is 0.977 bits per heavy atom. The topological polar surface area (TPSA) is 157 Å². The summed E-state index contributed by atoms with van der Waals surface area (Å²) in [6.45, 7) is 0. The van der Waals surface area contributed by atoms with Crippen molar-refractivity contribution in [3.8, 4) is 18.1 Å². The SMILES string of the molecule is C#Cc1ccc(N2C(=O)[C@H](CC[C@H](O)c3ccc(F)cc3)[C@H]2c2ccc(O[C@@H]3O[C@H](C(=O)O)[C@@H](O)[C@H](O)[C@H]3O)cc2)cc1. The van der Waals surface area contributed by atoms with Crippen LogP contribution in [-0.4, -0.2) is 68.1 Å². The van der Waals surface area contributed by atoms with Gasteiger partial charge in [0.1, 0.15) is 29.9 Å². The van der Waals surface area contributed by atoms with Gasteiger partial charge in [0, 0.05) is 11.3 Å². The second-order valence-electron chi connectivity index (χ2n) is 10.5. The van der Waals surface area contributed by atoms with Gasteiger partial charge in [-0.25, -0.2) is 9.18 Å². The number of carbonyl (C=O) groups is 2. The fourth-order valence-electron chi connectivity index (χ4n) is 5.43. The number of carbonyl (C=O) groups excluding carboxylic acids is 1. The van der Waals surface area contributed by atoms with E-state index in [0.717, 1.165) is 5.56 Å². The molecule has 2 aliphatic rings. The average Bonchev–Trinajstić information content (AvgIpc) is 3.01. The Balaban J connectivity index is 1.35. The summed E-state index contributed by atoms with van der Waals surface area (Å²) >= 11 is 0. The Hall–Kier alpha value is -4.31. The monoisotopic (exact) mass is 591 g/mol. The van der Waals surface area contributed by atoms with Crippen LogP contribution < -0.4 is 9.64 Å². The van der Waals surface area contributed by atoms with Crippen LogP contribution in [0.1, 0.15) is 41.7 Å². The molecule has 1 amide bonds. The van der Waals surface area contributed by atoms with Crippen molar-refractivity contribution in [1.29, 1.82) is 0 Å². The number of hydrogen-bond donors (Lipinski definition) is 5. The van der Waals surface area contributed by atoms with Gasteiger partial charge in [-0.2, -0.15) is 0 Å². The van der Waals surface area contributed by atoms with Crippen LogP contribution in [0.3, 0.4) is 0 Å². The predicted octanol–water partition coefficient (Wildman–Crippen LogP) is 2.30. The summed E-state index contributed by atoms with van der Waals surface area (Å²) in [5, 5.41) is 50.2. The van der Waals surface area contributed by atoms with Crippen molar-refractivity contribution >= 4 is 17.6 Å². The number of aliphatic carboxylic acids is 1. The van der Waals surface area contributed by atoms with Crippen molar-refractivity contribution in [3.05, 3.63) is 95.3 Å². The third kappa shape index (κ3) is 6.10. The highest BCUT2D eigenvalue weighted by molar-refractivity contribution is 6.03. The van der Waals surface area contributed by atoms with Crippen LogP contribution in [-0.2, 0) is 14.3 Å². The molecule has 10 nitrogen and oxygen atoms in total. The van der Waals surface area contributed by atoms with Crippen molar-refractivity contribution in [2.45, 2.75) is 55.7 Å². The fourth-order valence-corrected chi connectivity index (χ4v) is 5.43. The van der Waals surface area contributed by atoms with Crippen molar-refractivity contribution in [2.75, 3.05) is 4.90 Å². The van der Waals surface area contributed by atoms with E-state index in [2.05, 4.69) is 5.92 Å². The first-order chi connectivity index (χ1) is 20.6. The molecule has 43 heavy (non-hydrogen) atoms. The third-order valence-electron chi connectivity index (χ3n) is 7.82. The van der Waals surface area contributed by atoms with Gasteiger partial charge >= 0.3 is 5.97 Å². The summed E-state index contributed by atoms with van der Waals surface area (Å²) in [6, 6.07) is 18.6. The van der Waals surface area contributed by atoms with Gasteiger partial charge in [0.25, 0.3) is 0 Å². The number of amides is 1. The minimum atomic E-state index is -1.84. The van der Waals surface area contributed by atoms with Crippen LogP contribution in [0.15, 0.2) is 72.8 Å². The number of rotatable bonds is 9. The predicted molar refractivity (Wildman–Crippen MR) is 150 cm³/mol. The molecule has 2 heterocycles. The van der Waals surface area contributed by atoms with Crippen LogP contribution >= 0.6 is 0 Å². The van der Waals surface area contributed by atoms with Crippen molar-refractivity contribution < 1.29 is 49.0 Å². The van der Waals surface area contributed by atoms with Crippen LogP contribution in [0.5, 0.6) is 5.75 Å². The summed E-state index contributed by atoms with van der Waals surface area (Å²) in [6.07, 6.45) is -3.54. The summed E-state index contributed by atoms with van der Waals surface area (Å²) in [4.78, 5) is 26.4. The number of terminal acetylenes is 1. The summed E-state index contributed by atoms with van der Waals surface area (Å²) < 4.78 is 24.1. The van der Waals surface area contributed by atoms with Crippen LogP contribution in [0.4, 0.5) is 10.1 Å². The highest BCUT2D eigenvalue weighted by Gasteiger charge is 2.49. The normalized spacial score (nSPS) is 27.6. The lowest BCUT2D eigenvalue weighted by molar-refractivity contribution is -0.271. The van der Waals surface area contributed by atoms with Gasteiger partial charge in [0.2, 0.25) is 12.2 Å². The van der Waals surface area contributed by atoms with E-state index >= 15 is 0 Å². The molecule has 5 rings (SSSR count). The molecule has 0 aliphatic carbocycles. The first kappa shape index (κ1) is 30.2. The molecule has 0 saturated carbocycles. The maximum atomic E-state index is 13.4. The molecule has 0 unspecified atom stereocenters. The Kier molecular flexibility index (Phi) is 8.77. The average molecular weight is 592 g/mol. The lowest BCUT2D eigenvalue weighted by Gasteiger charge is -2.48. The number of benzene rings is 3. The van der Waals surface area contributed by atoms with E-state index in [9.17, 15) is 39.5 Å². The molecular weight excluding hydrogens is 561 g/mol. The first-order valence-electron chi connectivity index (χ1n) is 13.6. The van der Waals surface area contributed by atoms with E-state index in [0.29, 0.717) is 23.2 Å². The molecule has 0 bridgehead atoms. The van der Waals surface area contributed by atoms with E-state index in [-0.39, 0.29) is 18.1 Å². The molecular formula is C32H30FNO9. The van der Waals surface area contributed by atoms with E-state index in [4.69, 9.17) is 15.9 Å². The summed E-state index contributed by atoms with van der Waals surface area (Å²) in [5.74, 6) is 0.161. The molecule has 0 aromatic heterocycles. The number of ether oxygens (including phenoxy) is 2. The van der Waals surface area contributed by atoms with Gasteiger partial charge < -0.3 is 39.9 Å². The number of halogens is 1. The third-order valence-corrected chi connectivity index (χ3v) is 7.82. The number of carboxylic acids is 1. The number of aliphatic hydroxyl groups excluding tert-OH is 4. The second-order valence-corrected chi connectivity index (χ2v) is 10.5. The largest absolute Gasteiger partial charge is 0.479 e. The molecule has 11 heteroatoms. The summed E-state index contributed by atoms with van der Waals surface area (Å²) in [5.41, 5.74) is 2.57. The molecule has 3 aromatic rings. The molecule has 224 valence electrons. The van der Waals surface area contributed by atoms with Gasteiger partial charge in [0.05, 0.1) is 18.1 Å². The molecule has 0 spiro atoms. The van der Waals surface area contributed by atoms with Crippen LogP contribution in [0.25, 0.3) is 0 Å². The molecule has 8 atom stereocenters.